The summed E-state index contributed by atoms with van der Waals surface area (Å²) in [7, 11) is 0. The van der Waals surface area contributed by atoms with E-state index < -0.39 is 0 Å². The summed E-state index contributed by atoms with van der Waals surface area (Å²) >= 11 is 1.76. The average molecular weight is 253 g/mol. The van der Waals surface area contributed by atoms with Crippen molar-refractivity contribution >= 4 is 11.8 Å². The highest BCUT2D eigenvalue weighted by molar-refractivity contribution is 7.99. The van der Waals surface area contributed by atoms with E-state index in [-0.39, 0.29) is 0 Å². The lowest BCUT2D eigenvalue weighted by molar-refractivity contribution is 0.635. The zero-order valence-corrected chi connectivity index (χ0v) is 11.9. The molecule has 0 spiro atoms. The fourth-order valence-corrected chi connectivity index (χ4v) is 2.52. The first kappa shape index (κ1) is 14.5. The summed E-state index contributed by atoms with van der Waals surface area (Å²) in [6, 6.07) is 2.01. The van der Waals surface area contributed by atoms with Crippen LogP contribution < -0.4 is 5.32 Å². The number of aryl methyl sites for hydroxylation is 2. The molecule has 0 bridgehead atoms. The molecule has 0 unspecified atom stereocenters. The molecule has 96 valence electrons. The van der Waals surface area contributed by atoms with E-state index in [1.165, 1.54) is 19.3 Å². The minimum Gasteiger partial charge on any atom is -0.317 e. The van der Waals surface area contributed by atoms with Crippen molar-refractivity contribution in [2.24, 2.45) is 0 Å². The lowest BCUT2D eigenvalue weighted by Crippen LogP contribution is -2.15. The van der Waals surface area contributed by atoms with E-state index in [2.05, 4.69) is 22.2 Å². The van der Waals surface area contributed by atoms with E-state index in [4.69, 9.17) is 0 Å². The van der Waals surface area contributed by atoms with Crippen molar-refractivity contribution in [2.75, 3.05) is 18.8 Å². The molecule has 0 aromatic carbocycles. The molecule has 0 saturated carbocycles. The van der Waals surface area contributed by atoms with Gasteiger partial charge in [-0.3, -0.25) is 0 Å². The van der Waals surface area contributed by atoms with Gasteiger partial charge in [-0.25, -0.2) is 9.97 Å². The van der Waals surface area contributed by atoms with Crippen molar-refractivity contribution in [2.45, 2.75) is 45.2 Å². The Morgan fingerprint density at radius 2 is 1.82 bits per heavy atom. The predicted octanol–water partition coefficient (Wildman–Crippen LogP) is 2.97. The SMILES string of the molecule is CCCNCCCCSc1nc(C)cc(C)n1. The maximum Gasteiger partial charge on any atom is 0.187 e. The molecule has 0 saturated heterocycles. The van der Waals surface area contributed by atoms with Crippen LogP contribution in [0.2, 0.25) is 0 Å². The van der Waals surface area contributed by atoms with Crippen molar-refractivity contribution < 1.29 is 0 Å². The van der Waals surface area contributed by atoms with E-state index in [0.717, 1.165) is 35.4 Å². The molecular weight excluding hydrogens is 230 g/mol. The molecular formula is C13H23N3S. The number of rotatable bonds is 8. The van der Waals surface area contributed by atoms with Crippen LogP contribution in [-0.2, 0) is 0 Å². The normalized spacial score (nSPS) is 10.8. The molecule has 1 N–H and O–H groups in total. The fourth-order valence-electron chi connectivity index (χ4n) is 1.58. The first-order valence-corrected chi connectivity index (χ1v) is 7.36. The predicted molar refractivity (Wildman–Crippen MR) is 74.6 cm³/mol. The van der Waals surface area contributed by atoms with Crippen molar-refractivity contribution in [3.8, 4) is 0 Å². The highest BCUT2D eigenvalue weighted by Crippen LogP contribution is 2.15. The second kappa shape index (κ2) is 8.48. The number of hydrogen-bond donors (Lipinski definition) is 1. The molecule has 3 nitrogen and oxygen atoms in total. The standard InChI is InChI=1S/C13H23N3S/c1-4-7-14-8-5-6-9-17-13-15-11(2)10-12(3)16-13/h10,14H,4-9H2,1-3H3. The van der Waals surface area contributed by atoms with Crippen LogP contribution in [0.5, 0.6) is 0 Å². The number of nitrogens with zero attached hydrogens (tertiary/aromatic N) is 2. The van der Waals surface area contributed by atoms with E-state index in [1.807, 2.05) is 19.9 Å². The lowest BCUT2D eigenvalue weighted by atomic mass is 10.3. The third-order valence-corrected chi connectivity index (χ3v) is 3.30. The van der Waals surface area contributed by atoms with E-state index in [9.17, 15) is 0 Å². The monoisotopic (exact) mass is 253 g/mol. The molecule has 0 aliphatic carbocycles. The van der Waals surface area contributed by atoms with Crippen molar-refractivity contribution in [3.05, 3.63) is 17.5 Å². The summed E-state index contributed by atoms with van der Waals surface area (Å²) in [6.07, 6.45) is 3.67. The highest BCUT2D eigenvalue weighted by Gasteiger charge is 2.00. The van der Waals surface area contributed by atoms with Crippen LogP contribution in [0, 0.1) is 13.8 Å². The molecule has 0 radical (unpaired) electrons. The van der Waals surface area contributed by atoms with Crippen LogP contribution in [0.4, 0.5) is 0 Å². The number of thioether (sulfide) groups is 1. The van der Waals surface area contributed by atoms with Gasteiger partial charge in [-0.05, 0) is 52.3 Å². The minimum atomic E-state index is 0.920. The second-order valence-corrected chi connectivity index (χ2v) is 5.30. The van der Waals surface area contributed by atoms with Gasteiger partial charge in [0.05, 0.1) is 0 Å². The average Bonchev–Trinajstić information content (AvgIpc) is 2.26. The summed E-state index contributed by atoms with van der Waals surface area (Å²) in [6.45, 7) is 8.50. The maximum atomic E-state index is 4.42. The van der Waals surface area contributed by atoms with Crippen LogP contribution >= 0.6 is 11.8 Å². The highest BCUT2D eigenvalue weighted by atomic mass is 32.2. The molecule has 17 heavy (non-hydrogen) atoms. The van der Waals surface area contributed by atoms with E-state index in [1.54, 1.807) is 11.8 Å². The Labute approximate surface area is 109 Å². The Hall–Kier alpha value is -0.610. The van der Waals surface area contributed by atoms with Gasteiger partial charge in [-0.2, -0.15) is 0 Å². The summed E-state index contributed by atoms with van der Waals surface area (Å²) in [4.78, 5) is 8.83. The van der Waals surface area contributed by atoms with Crippen LogP contribution in [-0.4, -0.2) is 28.8 Å². The molecule has 0 amide bonds. The van der Waals surface area contributed by atoms with Crippen molar-refractivity contribution in [1.29, 1.82) is 0 Å². The smallest absolute Gasteiger partial charge is 0.187 e. The quantitative estimate of drug-likeness (QED) is 0.439. The van der Waals surface area contributed by atoms with Gasteiger partial charge in [0, 0.05) is 17.1 Å². The molecule has 1 aromatic heterocycles. The topological polar surface area (TPSA) is 37.8 Å². The Bertz CT molecular complexity index is 308. The molecule has 0 fully saturated rings. The Morgan fingerprint density at radius 3 is 2.47 bits per heavy atom. The first-order chi connectivity index (χ1) is 8.22. The van der Waals surface area contributed by atoms with Gasteiger partial charge in [0.1, 0.15) is 0 Å². The van der Waals surface area contributed by atoms with E-state index >= 15 is 0 Å². The van der Waals surface area contributed by atoms with Gasteiger partial charge in [0.15, 0.2) is 5.16 Å². The molecule has 0 aliphatic heterocycles. The third kappa shape index (κ3) is 6.64. The fraction of sp³-hybridized carbons (Fsp3) is 0.692. The number of hydrogen-bond acceptors (Lipinski definition) is 4. The third-order valence-electron chi connectivity index (χ3n) is 2.37. The summed E-state index contributed by atoms with van der Waals surface area (Å²) in [5.41, 5.74) is 2.12. The number of aromatic nitrogens is 2. The summed E-state index contributed by atoms with van der Waals surface area (Å²) in [5, 5.41) is 4.33. The van der Waals surface area contributed by atoms with Crippen LogP contribution in [0.25, 0.3) is 0 Å². The number of unbranched alkanes of at least 4 members (excludes halogenated alkanes) is 1. The molecule has 0 atom stereocenters. The van der Waals surface area contributed by atoms with Gasteiger partial charge in [0.2, 0.25) is 0 Å². The van der Waals surface area contributed by atoms with Crippen molar-refractivity contribution in [1.82, 2.24) is 15.3 Å². The molecule has 4 heteroatoms. The van der Waals surface area contributed by atoms with Gasteiger partial charge < -0.3 is 5.32 Å². The van der Waals surface area contributed by atoms with Crippen LogP contribution in [0.15, 0.2) is 11.2 Å². The van der Waals surface area contributed by atoms with E-state index in [0.29, 0.717) is 0 Å². The summed E-state index contributed by atoms with van der Waals surface area (Å²) < 4.78 is 0. The van der Waals surface area contributed by atoms with Crippen LogP contribution in [0.1, 0.15) is 37.6 Å². The van der Waals surface area contributed by atoms with Gasteiger partial charge >= 0.3 is 0 Å². The molecule has 1 aromatic rings. The Balaban J connectivity index is 2.13. The van der Waals surface area contributed by atoms with Crippen LogP contribution in [0.3, 0.4) is 0 Å². The first-order valence-electron chi connectivity index (χ1n) is 6.38. The summed E-state index contributed by atoms with van der Waals surface area (Å²) in [5.74, 6) is 1.11. The second-order valence-electron chi connectivity index (χ2n) is 4.24. The van der Waals surface area contributed by atoms with Gasteiger partial charge in [-0.15, -0.1) is 0 Å². The largest absolute Gasteiger partial charge is 0.317 e. The zero-order chi connectivity index (χ0) is 12.5. The molecule has 0 aliphatic rings. The lowest BCUT2D eigenvalue weighted by Gasteiger charge is -2.04. The maximum absolute atomic E-state index is 4.42. The Kier molecular flexibility index (Phi) is 7.21. The zero-order valence-electron chi connectivity index (χ0n) is 11.1. The molecule has 1 heterocycles. The van der Waals surface area contributed by atoms with Gasteiger partial charge in [0.25, 0.3) is 0 Å². The minimum absolute atomic E-state index is 0.920. The Morgan fingerprint density at radius 1 is 1.12 bits per heavy atom. The number of nitrogens with one attached hydrogen (secondary N) is 1. The van der Waals surface area contributed by atoms with Crippen molar-refractivity contribution in [3.63, 3.8) is 0 Å². The van der Waals surface area contributed by atoms with Gasteiger partial charge in [-0.1, -0.05) is 18.7 Å². The molecule has 1 rings (SSSR count).